The average Bonchev–Trinajstić information content (AvgIpc) is 2.74. The highest BCUT2D eigenvalue weighted by molar-refractivity contribution is 5.96. The third kappa shape index (κ3) is 6.33. The lowest BCUT2D eigenvalue weighted by molar-refractivity contribution is 0.0864. The molecule has 0 atom stereocenters. The quantitative estimate of drug-likeness (QED) is 0.394. The van der Waals surface area contributed by atoms with Gasteiger partial charge in [-0.3, -0.25) is 4.79 Å². The van der Waals surface area contributed by atoms with Crippen LogP contribution in [0.15, 0.2) is 78.9 Å². The van der Waals surface area contributed by atoms with Crippen molar-refractivity contribution in [3.05, 3.63) is 95.6 Å². The van der Waals surface area contributed by atoms with Crippen LogP contribution in [0, 0.1) is 5.92 Å². The molecular weight excluding hydrogens is 406 g/mol. The summed E-state index contributed by atoms with van der Waals surface area (Å²) in [5.41, 5.74) is 3.25. The van der Waals surface area contributed by atoms with Crippen LogP contribution in [0.2, 0.25) is 0 Å². The number of Topliss-reactive ketones (excluding diaryl/α,β-unsaturated/α-hetero) is 1. The third-order valence-corrected chi connectivity index (χ3v) is 6.36. The molecule has 1 N–H and O–H groups in total. The molecule has 4 rings (SSSR count). The molecule has 0 bridgehead atoms. The predicted molar refractivity (Wildman–Crippen MR) is 135 cm³/mol. The van der Waals surface area contributed by atoms with Crippen molar-refractivity contribution in [3.63, 3.8) is 0 Å². The van der Waals surface area contributed by atoms with Crippen molar-refractivity contribution in [3.8, 4) is 11.5 Å². The van der Waals surface area contributed by atoms with Gasteiger partial charge in [0.25, 0.3) is 0 Å². The third-order valence-electron chi connectivity index (χ3n) is 6.36. The Hall–Kier alpha value is -2.91. The van der Waals surface area contributed by atoms with Gasteiger partial charge in [-0.15, -0.1) is 0 Å². The second-order valence-electron chi connectivity index (χ2n) is 10.7. The number of ketones is 1. The molecule has 0 spiro atoms. The van der Waals surface area contributed by atoms with Gasteiger partial charge in [0.05, 0.1) is 0 Å². The molecule has 0 unspecified atom stereocenters. The molecule has 3 nitrogen and oxygen atoms in total. The summed E-state index contributed by atoms with van der Waals surface area (Å²) in [7, 11) is 0. The zero-order valence-corrected chi connectivity index (χ0v) is 20.2. The molecule has 3 aromatic carbocycles. The number of hydrogen-bond donors (Lipinski definition) is 1. The fourth-order valence-corrected chi connectivity index (χ4v) is 5.46. The molecule has 1 saturated heterocycles. The molecule has 0 saturated carbocycles. The summed E-state index contributed by atoms with van der Waals surface area (Å²) in [5, 5.41) is 3.70. The molecule has 172 valence electrons. The van der Waals surface area contributed by atoms with Crippen molar-refractivity contribution < 1.29 is 9.53 Å². The minimum absolute atomic E-state index is 0.0531. The van der Waals surface area contributed by atoms with Gasteiger partial charge in [0.2, 0.25) is 0 Å². The number of rotatable bonds is 7. The van der Waals surface area contributed by atoms with Gasteiger partial charge < -0.3 is 10.1 Å². The Morgan fingerprint density at radius 1 is 0.848 bits per heavy atom. The first-order valence-electron chi connectivity index (χ1n) is 11.9. The maximum atomic E-state index is 13.0. The molecule has 1 heterocycles. The number of carbonyl (C=O) groups excluding carboxylic acids is 1. The molecule has 3 heteroatoms. The van der Waals surface area contributed by atoms with Crippen molar-refractivity contribution in [2.45, 2.75) is 64.5 Å². The van der Waals surface area contributed by atoms with Crippen molar-refractivity contribution in [1.29, 1.82) is 0 Å². The molecule has 0 aromatic heterocycles. The highest BCUT2D eigenvalue weighted by Gasteiger charge is 2.38. The van der Waals surface area contributed by atoms with Crippen LogP contribution in [-0.2, 0) is 6.42 Å². The van der Waals surface area contributed by atoms with Gasteiger partial charge in [-0.05, 0) is 87.9 Å². The van der Waals surface area contributed by atoms with E-state index in [1.807, 2.05) is 48.5 Å². The van der Waals surface area contributed by atoms with Crippen molar-refractivity contribution in [2.24, 2.45) is 5.92 Å². The Morgan fingerprint density at radius 2 is 1.45 bits per heavy atom. The van der Waals surface area contributed by atoms with Gasteiger partial charge in [0.1, 0.15) is 11.5 Å². The number of piperidine rings is 1. The molecular formula is C30H35NO2. The van der Waals surface area contributed by atoms with E-state index in [2.05, 4.69) is 63.3 Å². The smallest absolute Gasteiger partial charge is 0.163 e. The summed E-state index contributed by atoms with van der Waals surface area (Å²) in [5.74, 6) is 2.20. The largest absolute Gasteiger partial charge is 0.457 e. The first kappa shape index (κ1) is 23.3. The van der Waals surface area contributed by atoms with Crippen molar-refractivity contribution >= 4 is 5.78 Å². The highest BCUT2D eigenvalue weighted by Crippen LogP contribution is 2.35. The number of para-hydroxylation sites is 1. The normalized spacial score (nSPS) is 17.5. The average molecular weight is 442 g/mol. The zero-order chi connectivity index (χ0) is 23.5. The van der Waals surface area contributed by atoms with Gasteiger partial charge in [-0.1, -0.05) is 48.5 Å². The summed E-state index contributed by atoms with van der Waals surface area (Å²) in [4.78, 5) is 13.0. The Bertz CT molecular complexity index is 1070. The van der Waals surface area contributed by atoms with E-state index in [9.17, 15) is 4.79 Å². The number of benzene rings is 3. The highest BCUT2D eigenvalue weighted by atomic mass is 16.5. The first-order valence-corrected chi connectivity index (χ1v) is 11.9. The van der Waals surface area contributed by atoms with Gasteiger partial charge in [0, 0.05) is 29.5 Å². The Balaban J connectivity index is 1.41. The topological polar surface area (TPSA) is 38.3 Å². The van der Waals surface area contributed by atoms with Crippen molar-refractivity contribution in [2.75, 3.05) is 0 Å². The lowest BCUT2D eigenvalue weighted by atomic mass is 9.74. The van der Waals surface area contributed by atoms with Crippen LogP contribution < -0.4 is 10.1 Å². The van der Waals surface area contributed by atoms with E-state index in [0.717, 1.165) is 41.9 Å². The molecule has 3 aromatic rings. The lowest BCUT2D eigenvalue weighted by Gasteiger charge is -2.46. The van der Waals surface area contributed by atoms with Crippen molar-refractivity contribution in [1.82, 2.24) is 5.32 Å². The summed E-state index contributed by atoms with van der Waals surface area (Å²) in [6.45, 7) is 8.92. The minimum atomic E-state index is 0.0531. The molecule has 0 amide bonds. The summed E-state index contributed by atoms with van der Waals surface area (Å²) < 4.78 is 6.20. The zero-order valence-electron chi connectivity index (χ0n) is 20.2. The molecule has 33 heavy (non-hydrogen) atoms. The van der Waals surface area contributed by atoms with E-state index in [1.165, 1.54) is 5.56 Å². The van der Waals surface area contributed by atoms with Gasteiger partial charge in [0.15, 0.2) is 5.78 Å². The van der Waals surface area contributed by atoms with Crippen LogP contribution in [0.3, 0.4) is 0 Å². The Kier molecular flexibility index (Phi) is 6.71. The Labute approximate surface area is 198 Å². The first-order chi connectivity index (χ1) is 15.7. The van der Waals surface area contributed by atoms with Gasteiger partial charge in [-0.25, -0.2) is 0 Å². The summed E-state index contributed by atoms with van der Waals surface area (Å²) in [6, 6.07) is 26.1. The fourth-order valence-electron chi connectivity index (χ4n) is 5.46. The van der Waals surface area contributed by atoms with E-state index in [1.54, 1.807) is 0 Å². The number of carbonyl (C=O) groups is 1. The van der Waals surface area contributed by atoms with E-state index in [4.69, 9.17) is 4.74 Å². The maximum Gasteiger partial charge on any atom is 0.163 e. The van der Waals surface area contributed by atoms with Crippen LogP contribution in [-0.4, -0.2) is 16.9 Å². The molecule has 0 radical (unpaired) electrons. The van der Waals surface area contributed by atoms with E-state index >= 15 is 0 Å². The molecule has 1 aliphatic rings. The van der Waals surface area contributed by atoms with Crippen LogP contribution >= 0.6 is 0 Å². The number of nitrogens with one attached hydrogen (secondary N) is 1. The standard InChI is InChI=1S/C30H35NO2/c1-29(2)20-23(21-30(3,4)31-29)19-27(32)24-14-16-26(17-15-24)33-28-13-9-8-12-25(28)18-22-10-6-5-7-11-22/h5-17,23,31H,18-21H2,1-4H3. The Morgan fingerprint density at radius 3 is 2.12 bits per heavy atom. The molecule has 1 fully saturated rings. The van der Waals surface area contributed by atoms with Crippen LogP contribution in [0.25, 0.3) is 0 Å². The fraction of sp³-hybridized carbons (Fsp3) is 0.367. The minimum Gasteiger partial charge on any atom is -0.457 e. The van der Waals surface area contributed by atoms with E-state index in [-0.39, 0.29) is 16.9 Å². The van der Waals surface area contributed by atoms with Crippen LogP contribution in [0.4, 0.5) is 0 Å². The number of hydrogen-bond acceptors (Lipinski definition) is 3. The second kappa shape index (κ2) is 9.52. The molecule has 1 aliphatic heterocycles. The second-order valence-corrected chi connectivity index (χ2v) is 10.7. The lowest BCUT2D eigenvalue weighted by Crippen LogP contribution is -2.57. The van der Waals surface area contributed by atoms with Gasteiger partial charge >= 0.3 is 0 Å². The SMILES string of the molecule is CC1(C)CC(CC(=O)c2ccc(Oc3ccccc3Cc3ccccc3)cc2)CC(C)(C)N1. The van der Waals surface area contributed by atoms with Gasteiger partial charge in [-0.2, -0.15) is 0 Å². The molecule has 0 aliphatic carbocycles. The van der Waals surface area contributed by atoms with Crippen LogP contribution in [0.1, 0.15) is 68.4 Å². The summed E-state index contributed by atoms with van der Waals surface area (Å²) >= 11 is 0. The van der Waals surface area contributed by atoms with E-state index < -0.39 is 0 Å². The number of ether oxygens (including phenoxy) is 1. The predicted octanol–water partition coefficient (Wildman–Crippen LogP) is 7.20. The summed E-state index contributed by atoms with van der Waals surface area (Å²) in [6.07, 6.45) is 3.44. The van der Waals surface area contributed by atoms with Crippen LogP contribution in [0.5, 0.6) is 11.5 Å². The maximum absolute atomic E-state index is 13.0. The van der Waals surface area contributed by atoms with E-state index in [0.29, 0.717) is 12.3 Å². The monoisotopic (exact) mass is 441 g/mol.